The number of rotatable bonds is 4. The molecule has 104 valence electrons. The third-order valence-electron chi connectivity index (χ3n) is 3.66. The van der Waals surface area contributed by atoms with Crippen molar-refractivity contribution in [1.29, 1.82) is 0 Å². The molecule has 0 bridgehead atoms. The highest BCUT2D eigenvalue weighted by atomic mass is 16.2. The number of carbonyl (C=O) groups excluding carboxylic acids is 1. The van der Waals surface area contributed by atoms with Gasteiger partial charge in [0.2, 0.25) is 5.91 Å². The summed E-state index contributed by atoms with van der Waals surface area (Å²) >= 11 is 0. The Kier molecular flexibility index (Phi) is 4.59. The predicted octanol–water partition coefficient (Wildman–Crippen LogP) is 2.60. The molecule has 0 aliphatic carbocycles. The summed E-state index contributed by atoms with van der Waals surface area (Å²) in [7, 11) is 1.86. The van der Waals surface area contributed by atoms with Gasteiger partial charge in [-0.15, -0.1) is 0 Å². The van der Waals surface area contributed by atoms with Gasteiger partial charge in [0.15, 0.2) is 0 Å². The van der Waals surface area contributed by atoms with Crippen molar-refractivity contribution in [3.8, 4) is 0 Å². The zero-order valence-corrected chi connectivity index (χ0v) is 12.1. The van der Waals surface area contributed by atoms with Gasteiger partial charge in [-0.05, 0) is 49.4 Å². The number of benzene rings is 1. The second-order valence-corrected chi connectivity index (χ2v) is 5.81. The lowest BCUT2D eigenvalue weighted by molar-refractivity contribution is -0.119. The number of likely N-dealkylation sites (N-methyl/N-ethyl adjacent to an activating group) is 1. The monoisotopic (exact) mass is 260 g/mol. The van der Waals surface area contributed by atoms with E-state index in [1.54, 1.807) is 4.90 Å². The summed E-state index contributed by atoms with van der Waals surface area (Å²) in [6.07, 6.45) is 3.13. The molecule has 1 unspecified atom stereocenters. The van der Waals surface area contributed by atoms with Crippen LogP contribution in [0.1, 0.15) is 32.3 Å². The molecule has 1 aromatic carbocycles. The van der Waals surface area contributed by atoms with Crippen molar-refractivity contribution in [2.75, 3.05) is 18.5 Å². The van der Waals surface area contributed by atoms with Gasteiger partial charge in [0, 0.05) is 12.7 Å². The Balaban J connectivity index is 2.02. The molecule has 1 aliphatic rings. The number of anilines is 1. The molecule has 1 heterocycles. The molecule has 1 N–H and O–H groups in total. The van der Waals surface area contributed by atoms with Crippen molar-refractivity contribution in [2.45, 2.75) is 39.2 Å². The minimum Gasteiger partial charge on any atom is -0.314 e. The van der Waals surface area contributed by atoms with E-state index in [2.05, 4.69) is 31.3 Å². The average molecular weight is 260 g/mol. The van der Waals surface area contributed by atoms with E-state index in [4.69, 9.17) is 0 Å². The molecule has 3 nitrogen and oxygen atoms in total. The van der Waals surface area contributed by atoms with Gasteiger partial charge in [-0.3, -0.25) is 4.79 Å². The Bertz CT molecular complexity index is 419. The largest absolute Gasteiger partial charge is 0.314 e. The zero-order chi connectivity index (χ0) is 13.8. The first kappa shape index (κ1) is 14.1. The molecule has 1 atom stereocenters. The van der Waals surface area contributed by atoms with Gasteiger partial charge >= 0.3 is 0 Å². The quantitative estimate of drug-likeness (QED) is 0.902. The fourth-order valence-electron chi connectivity index (χ4n) is 2.58. The molecule has 0 spiro atoms. The van der Waals surface area contributed by atoms with Crippen LogP contribution in [0.4, 0.5) is 5.69 Å². The lowest BCUT2D eigenvalue weighted by Crippen LogP contribution is -2.41. The molecule has 0 aromatic heterocycles. The maximum absolute atomic E-state index is 12.3. The van der Waals surface area contributed by atoms with Crippen LogP contribution < -0.4 is 10.2 Å². The molecular weight excluding hydrogens is 236 g/mol. The second kappa shape index (κ2) is 6.20. The number of nitrogens with one attached hydrogen (secondary N) is 1. The summed E-state index contributed by atoms with van der Waals surface area (Å²) in [6, 6.07) is 8.35. The van der Waals surface area contributed by atoms with Crippen molar-refractivity contribution >= 4 is 11.6 Å². The summed E-state index contributed by atoms with van der Waals surface area (Å²) in [5.41, 5.74) is 2.31. The summed E-state index contributed by atoms with van der Waals surface area (Å²) in [5, 5.41) is 3.25. The van der Waals surface area contributed by atoms with Crippen molar-refractivity contribution in [3.05, 3.63) is 29.8 Å². The van der Waals surface area contributed by atoms with Gasteiger partial charge in [-0.25, -0.2) is 0 Å². The number of carbonyl (C=O) groups is 1. The normalized spacial score (nSPS) is 18.8. The maximum atomic E-state index is 12.3. The van der Waals surface area contributed by atoms with Gasteiger partial charge in [-0.1, -0.05) is 26.0 Å². The highest BCUT2D eigenvalue weighted by Crippen LogP contribution is 2.18. The second-order valence-electron chi connectivity index (χ2n) is 5.81. The lowest BCUT2D eigenvalue weighted by atomic mass is 10.0. The molecule has 0 saturated carbocycles. The smallest absolute Gasteiger partial charge is 0.243 e. The Morgan fingerprint density at radius 3 is 2.58 bits per heavy atom. The number of hydrogen-bond acceptors (Lipinski definition) is 2. The molecule has 2 rings (SSSR count). The van der Waals surface area contributed by atoms with Crippen LogP contribution in [0.5, 0.6) is 0 Å². The summed E-state index contributed by atoms with van der Waals surface area (Å²) in [6.45, 7) is 5.39. The van der Waals surface area contributed by atoms with Gasteiger partial charge < -0.3 is 10.2 Å². The van der Waals surface area contributed by atoms with Crippen LogP contribution in [-0.2, 0) is 11.2 Å². The molecule has 19 heavy (non-hydrogen) atoms. The van der Waals surface area contributed by atoms with Crippen LogP contribution in [0.2, 0.25) is 0 Å². The van der Waals surface area contributed by atoms with E-state index in [0.717, 1.165) is 31.5 Å². The average Bonchev–Trinajstić information content (AvgIpc) is 2.91. The predicted molar refractivity (Wildman–Crippen MR) is 79.4 cm³/mol. The van der Waals surface area contributed by atoms with Gasteiger partial charge in [0.05, 0.1) is 6.04 Å². The highest BCUT2D eigenvalue weighted by Gasteiger charge is 2.25. The van der Waals surface area contributed by atoms with Gasteiger partial charge in [0.25, 0.3) is 0 Å². The van der Waals surface area contributed by atoms with E-state index in [-0.39, 0.29) is 11.9 Å². The van der Waals surface area contributed by atoms with Gasteiger partial charge in [0.1, 0.15) is 0 Å². The van der Waals surface area contributed by atoms with Crippen molar-refractivity contribution in [2.24, 2.45) is 5.92 Å². The van der Waals surface area contributed by atoms with Crippen LogP contribution in [0.15, 0.2) is 24.3 Å². The topological polar surface area (TPSA) is 32.3 Å². The third kappa shape index (κ3) is 3.57. The van der Waals surface area contributed by atoms with Crippen molar-refractivity contribution in [1.82, 2.24) is 5.32 Å². The molecule has 0 radical (unpaired) electrons. The number of amides is 1. The molecule has 1 saturated heterocycles. The fourth-order valence-corrected chi connectivity index (χ4v) is 2.58. The summed E-state index contributed by atoms with van der Waals surface area (Å²) in [5.74, 6) is 0.835. The van der Waals surface area contributed by atoms with E-state index in [1.165, 1.54) is 5.56 Å². The standard InChI is InChI=1S/C16H24N2O/c1-12(2)11-13-6-8-14(9-7-13)18(3)16(19)15-5-4-10-17-15/h6-9,12,15,17H,4-5,10-11H2,1-3H3. The molecule has 1 fully saturated rings. The van der Waals surface area contributed by atoms with Crippen LogP contribution in [0.25, 0.3) is 0 Å². The van der Waals surface area contributed by atoms with Crippen LogP contribution in [-0.4, -0.2) is 25.5 Å². The SMILES string of the molecule is CC(C)Cc1ccc(N(C)C(=O)C2CCCN2)cc1. The summed E-state index contributed by atoms with van der Waals surface area (Å²) < 4.78 is 0. The Morgan fingerprint density at radius 1 is 1.37 bits per heavy atom. The fraction of sp³-hybridized carbons (Fsp3) is 0.562. The van der Waals surface area contributed by atoms with E-state index in [0.29, 0.717) is 5.92 Å². The van der Waals surface area contributed by atoms with Gasteiger partial charge in [-0.2, -0.15) is 0 Å². The van der Waals surface area contributed by atoms with Crippen LogP contribution in [0, 0.1) is 5.92 Å². The van der Waals surface area contributed by atoms with Crippen molar-refractivity contribution < 1.29 is 4.79 Å². The number of nitrogens with zero attached hydrogens (tertiary/aromatic N) is 1. The minimum atomic E-state index is 0.000315. The van der Waals surface area contributed by atoms with E-state index in [1.807, 2.05) is 19.2 Å². The molecule has 3 heteroatoms. The first-order valence-corrected chi connectivity index (χ1v) is 7.18. The Labute approximate surface area is 116 Å². The first-order valence-electron chi connectivity index (χ1n) is 7.18. The Hall–Kier alpha value is -1.35. The Morgan fingerprint density at radius 2 is 2.05 bits per heavy atom. The van der Waals surface area contributed by atoms with Crippen molar-refractivity contribution in [3.63, 3.8) is 0 Å². The third-order valence-corrected chi connectivity index (χ3v) is 3.66. The maximum Gasteiger partial charge on any atom is 0.243 e. The molecule has 1 aliphatic heterocycles. The van der Waals surface area contributed by atoms with E-state index in [9.17, 15) is 4.79 Å². The van der Waals surface area contributed by atoms with Crippen LogP contribution >= 0.6 is 0 Å². The molecule has 1 amide bonds. The lowest BCUT2D eigenvalue weighted by Gasteiger charge is -2.21. The molecular formula is C16H24N2O. The van der Waals surface area contributed by atoms with E-state index < -0.39 is 0 Å². The summed E-state index contributed by atoms with van der Waals surface area (Å²) in [4.78, 5) is 14.0. The first-order chi connectivity index (χ1) is 9.08. The zero-order valence-electron chi connectivity index (χ0n) is 12.1. The van der Waals surface area contributed by atoms with Crippen LogP contribution in [0.3, 0.4) is 0 Å². The van der Waals surface area contributed by atoms with E-state index >= 15 is 0 Å². The highest BCUT2D eigenvalue weighted by molar-refractivity contribution is 5.96. The molecule has 1 aromatic rings. The minimum absolute atomic E-state index is 0.000315. The number of hydrogen-bond donors (Lipinski definition) is 1.